The normalized spacial score (nSPS) is 17.8. The number of rotatable bonds is 5. The van der Waals surface area contributed by atoms with Gasteiger partial charge in [-0.1, -0.05) is 0 Å². The number of anilines is 1. The fraction of sp³-hybridized carbons (Fsp3) is 0.588. The lowest BCUT2D eigenvalue weighted by Crippen LogP contribution is -2.60. The van der Waals surface area contributed by atoms with Gasteiger partial charge in [-0.05, 0) is 44.7 Å². The fourth-order valence-corrected chi connectivity index (χ4v) is 4.68. The van der Waals surface area contributed by atoms with Gasteiger partial charge in [-0.15, -0.1) is 5.10 Å². The topological polar surface area (TPSA) is 84.2 Å². The van der Waals surface area contributed by atoms with Crippen molar-refractivity contribution in [2.45, 2.75) is 50.2 Å². The molecular weight excluding hydrogens is 352 g/mol. The van der Waals surface area contributed by atoms with E-state index in [1.54, 1.807) is 24.1 Å². The summed E-state index contributed by atoms with van der Waals surface area (Å²) in [5, 5.41) is 8.71. The second-order valence-corrected chi connectivity index (χ2v) is 9.31. The van der Waals surface area contributed by atoms with Crippen molar-refractivity contribution in [1.82, 2.24) is 24.1 Å². The summed E-state index contributed by atoms with van der Waals surface area (Å²) in [6.45, 7) is 5.22. The molecule has 1 fully saturated rings. The highest BCUT2D eigenvalue weighted by Gasteiger charge is 2.38. The predicted molar refractivity (Wildman–Crippen MR) is 97.6 cm³/mol. The second kappa shape index (κ2) is 6.31. The number of aryl methyl sites for hydroxylation is 2. The van der Waals surface area contributed by atoms with E-state index in [2.05, 4.69) is 26.1 Å². The SMILES string of the molecule is CC(C)n1cnc(S(=O)(=O)N(C)C2CN(c3cc4c(nn3)CCC4)C2)c1. The van der Waals surface area contributed by atoms with Crippen LogP contribution in [0.15, 0.2) is 23.6 Å². The molecule has 0 atom stereocenters. The van der Waals surface area contributed by atoms with Gasteiger partial charge < -0.3 is 9.47 Å². The molecule has 0 N–H and O–H groups in total. The van der Waals surface area contributed by atoms with Gasteiger partial charge in [0.15, 0.2) is 10.8 Å². The predicted octanol–water partition coefficient (Wildman–Crippen LogP) is 1.25. The van der Waals surface area contributed by atoms with Crippen molar-refractivity contribution in [1.29, 1.82) is 0 Å². The summed E-state index contributed by atoms with van der Waals surface area (Å²) in [5.74, 6) is 0.844. The molecule has 0 bridgehead atoms. The van der Waals surface area contributed by atoms with Crippen LogP contribution in [-0.2, 0) is 22.9 Å². The van der Waals surface area contributed by atoms with E-state index in [1.807, 2.05) is 13.8 Å². The first-order valence-corrected chi connectivity index (χ1v) is 10.4. The second-order valence-electron chi connectivity index (χ2n) is 7.36. The smallest absolute Gasteiger partial charge is 0.262 e. The highest BCUT2D eigenvalue weighted by molar-refractivity contribution is 7.89. The van der Waals surface area contributed by atoms with Gasteiger partial charge in [0.05, 0.1) is 18.1 Å². The van der Waals surface area contributed by atoms with Crippen LogP contribution in [0.25, 0.3) is 0 Å². The average molecular weight is 376 g/mol. The van der Waals surface area contributed by atoms with Crippen LogP contribution < -0.4 is 4.90 Å². The minimum Gasteiger partial charge on any atom is -0.352 e. The molecule has 0 radical (unpaired) electrons. The molecule has 2 aromatic heterocycles. The van der Waals surface area contributed by atoms with Crippen LogP contribution in [0.4, 0.5) is 5.82 Å². The van der Waals surface area contributed by atoms with Gasteiger partial charge in [0.25, 0.3) is 10.0 Å². The van der Waals surface area contributed by atoms with Crippen LogP contribution in [0.1, 0.15) is 37.6 Å². The average Bonchev–Trinajstić information content (AvgIpc) is 3.22. The first-order chi connectivity index (χ1) is 12.4. The van der Waals surface area contributed by atoms with E-state index in [0.717, 1.165) is 30.8 Å². The molecule has 2 aromatic rings. The number of imidazole rings is 1. The third-order valence-corrected chi connectivity index (χ3v) is 7.12. The van der Waals surface area contributed by atoms with Crippen LogP contribution in [-0.4, -0.2) is 58.7 Å². The third kappa shape index (κ3) is 2.88. The quantitative estimate of drug-likeness (QED) is 0.781. The van der Waals surface area contributed by atoms with E-state index in [0.29, 0.717) is 13.1 Å². The van der Waals surface area contributed by atoms with E-state index in [4.69, 9.17) is 0 Å². The Bertz CT molecular complexity index is 917. The maximum absolute atomic E-state index is 12.8. The van der Waals surface area contributed by atoms with Gasteiger partial charge in [-0.3, -0.25) is 0 Å². The number of sulfonamides is 1. The third-order valence-electron chi connectivity index (χ3n) is 5.32. The van der Waals surface area contributed by atoms with Crippen molar-refractivity contribution in [2.75, 3.05) is 25.0 Å². The molecule has 26 heavy (non-hydrogen) atoms. The van der Waals surface area contributed by atoms with E-state index in [9.17, 15) is 8.42 Å². The summed E-state index contributed by atoms with van der Waals surface area (Å²) < 4.78 is 28.8. The Morgan fingerprint density at radius 2 is 2.00 bits per heavy atom. The molecule has 0 spiro atoms. The minimum atomic E-state index is -3.59. The summed E-state index contributed by atoms with van der Waals surface area (Å²) in [6.07, 6.45) is 6.37. The van der Waals surface area contributed by atoms with E-state index < -0.39 is 10.0 Å². The number of nitrogens with zero attached hydrogens (tertiary/aromatic N) is 6. The largest absolute Gasteiger partial charge is 0.352 e. The summed E-state index contributed by atoms with van der Waals surface area (Å²) in [6, 6.07) is 2.19. The molecule has 8 nitrogen and oxygen atoms in total. The van der Waals surface area contributed by atoms with Gasteiger partial charge >= 0.3 is 0 Å². The van der Waals surface area contributed by atoms with E-state index >= 15 is 0 Å². The Kier molecular flexibility index (Phi) is 4.23. The summed E-state index contributed by atoms with van der Waals surface area (Å²) in [4.78, 5) is 6.16. The van der Waals surface area contributed by atoms with Gasteiger partial charge in [0.1, 0.15) is 0 Å². The first kappa shape index (κ1) is 17.4. The Morgan fingerprint density at radius 1 is 1.23 bits per heavy atom. The molecule has 0 amide bonds. The molecule has 140 valence electrons. The van der Waals surface area contributed by atoms with Crippen LogP contribution in [0.5, 0.6) is 0 Å². The van der Waals surface area contributed by atoms with Gasteiger partial charge in [0, 0.05) is 32.4 Å². The molecule has 9 heteroatoms. The van der Waals surface area contributed by atoms with Crippen LogP contribution in [0, 0.1) is 0 Å². The highest BCUT2D eigenvalue weighted by Crippen LogP contribution is 2.28. The Labute approximate surface area is 153 Å². The Morgan fingerprint density at radius 3 is 2.69 bits per heavy atom. The van der Waals surface area contributed by atoms with Crippen molar-refractivity contribution < 1.29 is 8.42 Å². The summed E-state index contributed by atoms with van der Waals surface area (Å²) in [5.41, 5.74) is 2.38. The molecule has 1 saturated heterocycles. The van der Waals surface area contributed by atoms with Crippen LogP contribution in [0.3, 0.4) is 0 Å². The number of aromatic nitrogens is 4. The zero-order valence-corrected chi connectivity index (χ0v) is 16.1. The van der Waals surface area contributed by atoms with Crippen molar-refractivity contribution in [2.24, 2.45) is 0 Å². The molecule has 1 aliphatic heterocycles. The van der Waals surface area contributed by atoms with E-state index in [1.165, 1.54) is 9.87 Å². The zero-order valence-electron chi connectivity index (χ0n) is 15.3. The van der Waals surface area contributed by atoms with Crippen molar-refractivity contribution in [3.8, 4) is 0 Å². The standard InChI is InChI=1S/C17H24N6O2S/c1-12(2)23-10-17(18-11-23)26(24,25)21(3)14-8-22(9-14)16-7-13-5-4-6-15(13)19-20-16/h7,10-12,14H,4-6,8-9H2,1-3H3. The Hall–Kier alpha value is -2.00. The van der Waals surface area contributed by atoms with Gasteiger partial charge in [0.2, 0.25) is 0 Å². The van der Waals surface area contributed by atoms with E-state index in [-0.39, 0.29) is 17.1 Å². The van der Waals surface area contributed by atoms with Crippen LogP contribution in [0.2, 0.25) is 0 Å². The molecule has 4 rings (SSSR count). The van der Waals surface area contributed by atoms with Gasteiger partial charge in [-0.2, -0.15) is 9.40 Å². The molecule has 0 aromatic carbocycles. The number of likely N-dealkylation sites (N-methyl/N-ethyl adjacent to an activating group) is 1. The number of hydrogen-bond donors (Lipinski definition) is 0. The highest BCUT2D eigenvalue weighted by atomic mass is 32.2. The lowest BCUT2D eigenvalue weighted by Gasteiger charge is -2.43. The fourth-order valence-electron chi connectivity index (χ4n) is 3.42. The van der Waals surface area contributed by atoms with Crippen molar-refractivity contribution >= 4 is 15.8 Å². The number of fused-ring (bicyclic) bond motifs is 1. The summed E-state index contributed by atoms with van der Waals surface area (Å²) in [7, 11) is -1.96. The molecule has 2 aliphatic rings. The van der Waals surface area contributed by atoms with Crippen molar-refractivity contribution in [3.63, 3.8) is 0 Å². The van der Waals surface area contributed by atoms with Crippen LogP contribution >= 0.6 is 0 Å². The molecule has 1 aliphatic carbocycles. The first-order valence-electron chi connectivity index (χ1n) is 8.98. The number of hydrogen-bond acceptors (Lipinski definition) is 6. The Balaban J connectivity index is 1.44. The lowest BCUT2D eigenvalue weighted by atomic mass is 10.1. The monoisotopic (exact) mass is 376 g/mol. The molecule has 0 saturated carbocycles. The van der Waals surface area contributed by atoms with Crippen molar-refractivity contribution in [3.05, 3.63) is 29.8 Å². The lowest BCUT2D eigenvalue weighted by molar-refractivity contribution is 0.308. The molecule has 3 heterocycles. The molecule has 0 unspecified atom stereocenters. The molecular formula is C17H24N6O2S. The summed E-state index contributed by atoms with van der Waals surface area (Å²) >= 11 is 0. The zero-order chi connectivity index (χ0) is 18.5. The maximum atomic E-state index is 12.8. The minimum absolute atomic E-state index is 0.0840. The van der Waals surface area contributed by atoms with Gasteiger partial charge in [-0.25, -0.2) is 13.4 Å². The maximum Gasteiger partial charge on any atom is 0.262 e.